The fourth-order valence-electron chi connectivity index (χ4n) is 4.58. The molecular formula is C18H34N2O. The van der Waals surface area contributed by atoms with Crippen LogP contribution in [0.15, 0.2) is 0 Å². The molecule has 0 aromatic carbocycles. The van der Waals surface area contributed by atoms with Crippen LogP contribution >= 0.6 is 0 Å². The van der Waals surface area contributed by atoms with Crippen molar-refractivity contribution in [3.05, 3.63) is 0 Å². The third-order valence-corrected chi connectivity index (χ3v) is 5.72. The highest BCUT2D eigenvalue weighted by Crippen LogP contribution is 2.43. The van der Waals surface area contributed by atoms with E-state index in [1.54, 1.807) is 0 Å². The number of nitrogens with zero attached hydrogens (tertiary/aromatic N) is 1. The molecule has 3 rings (SSSR count). The summed E-state index contributed by atoms with van der Waals surface area (Å²) in [5, 5.41) is 3.65. The molecule has 3 heteroatoms. The first kappa shape index (κ1) is 15.8. The molecule has 1 aliphatic carbocycles. The van der Waals surface area contributed by atoms with Gasteiger partial charge in [-0.1, -0.05) is 26.7 Å². The molecule has 0 bridgehead atoms. The molecule has 1 saturated carbocycles. The molecular weight excluding hydrogens is 260 g/mol. The van der Waals surface area contributed by atoms with Crippen molar-refractivity contribution in [2.75, 3.05) is 26.2 Å². The Hall–Kier alpha value is -0.120. The molecule has 0 radical (unpaired) electrons. The summed E-state index contributed by atoms with van der Waals surface area (Å²) in [4.78, 5) is 2.70. The van der Waals surface area contributed by atoms with Crippen molar-refractivity contribution < 1.29 is 4.74 Å². The van der Waals surface area contributed by atoms with Gasteiger partial charge in [-0.3, -0.25) is 4.90 Å². The van der Waals surface area contributed by atoms with Crippen molar-refractivity contribution in [3.63, 3.8) is 0 Å². The van der Waals surface area contributed by atoms with Crippen molar-refractivity contribution in [1.82, 2.24) is 10.2 Å². The van der Waals surface area contributed by atoms with E-state index in [2.05, 4.69) is 24.1 Å². The molecule has 2 atom stereocenters. The number of rotatable bonds is 6. The summed E-state index contributed by atoms with van der Waals surface area (Å²) in [6, 6.07) is 0.743. The maximum atomic E-state index is 6.50. The number of hydrogen-bond donors (Lipinski definition) is 1. The Bertz CT molecular complexity index is 325. The van der Waals surface area contributed by atoms with Crippen LogP contribution in [0.25, 0.3) is 0 Å². The van der Waals surface area contributed by atoms with Gasteiger partial charge >= 0.3 is 0 Å². The summed E-state index contributed by atoms with van der Waals surface area (Å²) in [6.45, 7) is 9.33. The van der Waals surface area contributed by atoms with Gasteiger partial charge in [0.05, 0.1) is 11.7 Å². The first-order chi connectivity index (χ1) is 10.2. The van der Waals surface area contributed by atoms with Gasteiger partial charge in [0, 0.05) is 19.1 Å². The van der Waals surface area contributed by atoms with Crippen LogP contribution in [0.5, 0.6) is 0 Å². The second-order valence-corrected chi connectivity index (χ2v) is 8.01. The normalized spacial score (nSPS) is 32.7. The van der Waals surface area contributed by atoms with Crippen LogP contribution in [0.2, 0.25) is 0 Å². The van der Waals surface area contributed by atoms with Gasteiger partial charge in [0.15, 0.2) is 0 Å². The summed E-state index contributed by atoms with van der Waals surface area (Å²) in [5.74, 6) is 0.750. The van der Waals surface area contributed by atoms with Crippen molar-refractivity contribution in [2.45, 2.75) is 83.0 Å². The molecule has 2 saturated heterocycles. The third kappa shape index (κ3) is 4.00. The Morgan fingerprint density at radius 3 is 2.71 bits per heavy atom. The number of likely N-dealkylation sites (tertiary alicyclic amines) is 1. The second kappa shape index (κ2) is 6.97. The molecule has 2 heterocycles. The van der Waals surface area contributed by atoms with Crippen LogP contribution < -0.4 is 5.32 Å². The van der Waals surface area contributed by atoms with Gasteiger partial charge in [-0.15, -0.1) is 0 Å². The Morgan fingerprint density at radius 1 is 1.14 bits per heavy atom. The molecule has 1 spiro atoms. The molecule has 0 amide bonds. The molecule has 0 aromatic rings. The van der Waals surface area contributed by atoms with Crippen LogP contribution in [-0.4, -0.2) is 48.8 Å². The quantitative estimate of drug-likeness (QED) is 0.814. The first-order valence-electron chi connectivity index (χ1n) is 9.29. The molecule has 0 aromatic heterocycles. The number of nitrogens with one attached hydrogen (secondary N) is 1. The van der Waals surface area contributed by atoms with Gasteiger partial charge in [0.1, 0.15) is 0 Å². The van der Waals surface area contributed by atoms with Gasteiger partial charge in [-0.05, 0) is 57.5 Å². The van der Waals surface area contributed by atoms with Crippen molar-refractivity contribution in [2.24, 2.45) is 5.92 Å². The minimum atomic E-state index is 0.301. The average molecular weight is 294 g/mol. The Kier molecular flexibility index (Phi) is 5.23. The standard InChI is InChI=1S/C18H34N2O/c1-15(2)12-19-13-16-6-5-11-20(16)14-17-7-10-18(21-17)8-3-4-9-18/h15-17,19H,3-14H2,1-2H3. The van der Waals surface area contributed by atoms with Crippen LogP contribution in [-0.2, 0) is 4.74 Å². The van der Waals surface area contributed by atoms with E-state index >= 15 is 0 Å². The van der Waals surface area contributed by atoms with Crippen LogP contribution in [0.3, 0.4) is 0 Å². The topological polar surface area (TPSA) is 24.5 Å². The lowest BCUT2D eigenvalue weighted by atomic mass is 9.98. The maximum absolute atomic E-state index is 6.50. The fourth-order valence-corrected chi connectivity index (χ4v) is 4.58. The van der Waals surface area contributed by atoms with E-state index in [4.69, 9.17) is 4.74 Å². The zero-order valence-electron chi connectivity index (χ0n) is 14.1. The molecule has 3 aliphatic rings. The Balaban J connectivity index is 1.43. The summed E-state index contributed by atoms with van der Waals surface area (Å²) in [5.41, 5.74) is 0.301. The van der Waals surface area contributed by atoms with E-state index in [0.29, 0.717) is 11.7 Å². The first-order valence-corrected chi connectivity index (χ1v) is 9.29. The number of hydrogen-bond acceptors (Lipinski definition) is 3. The smallest absolute Gasteiger partial charge is 0.0710 e. The Morgan fingerprint density at radius 2 is 1.95 bits per heavy atom. The molecule has 2 aliphatic heterocycles. The van der Waals surface area contributed by atoms with Crippen molar-refractivity contribution in [3.8, 4) is 0 Å². The fraction of sp³-hybridized carbons (Fsp3) is 1.00. The molecule has 21 heavy (non-hydrogen) atoms. The van der Waals surface area contributed by atoms with E-state index in [9.17, 15) is 0 Å². The van der Waals surface area contributed by atoms with Crippen molar-refractivity contribution >= 4 is 0 Å². The van der Waals surface area contributed by atoms with E-state index in [-0.39, 0.29) is 0 Å². The van der Waals surface area contributed by atoms with Crippen LogP contribution in [0.4, 0.5) is 0 Å². The zero-order valence-corrected chi connectivity index (χ0v) is 14.1. The van der Waals surface area contributed by atoms with Gasteiger partial charge in [-0.25, -0.2) is 0 Å². The third-order valence-electron chi connectivity index (χ3n) is 5.72. The monoisotopic (exact) mass is 294 g/mol. The van der Waals surface area contributed by atoms with E-state index in [1.165, 1.54) is 64.5 Å². The summed E-state index contributed by atoms with van der Waals surface area (Å²) in [7, 11) is 0. The predicted octanol–water partition coefficient (Wildman–Crippen LogP) is 3.19. The highest BCUT2D eigenvalue weighted by molar-refractivity contribution is 4.94. The maximum Gasteiger partial charge on any atom is 0.0710 e. The molecule has 1 N–H and O–H groups in total. The minimum Gasteiger partial charge on any atom is -0.370 e. The minimum absolute atomic E-state index is 0.301. The second-order valence-electron chi connectivity index (χ2n) is 8.01. The highest BCUT2D eigenvalue weighted by Gasteiger charge is 2.43. The largest absolute Gasteiger partial charge is 0.370 e. The van der Waals surface area contributed by atoms with Gasteiger partial charge in [0.25, 0.3) is 0 Å². The zero-order chi connectivity index (χ0) is 14.7. The Labute approximate surface area is 130 Å². The molecule has 2 unspecified atom stereocenters. The number of ether oxygens (including phenoxy) is 1. The van der Waals surface area contributed by atoms with Crippen LogP contribution in [0, 0.1) is 5.92 Å². The predicted molar refractivity (Wildman–Crippen MR) is 87.6 cm³/mol. The SMILES string of the molecule is CC(C)CNCC1CCCN1CC1CCC2(CCCC2)O1. The van der Waals surface area contributed by atoms with Gasteiger partial charge in [-0.2, -0.15) is 0 Å². The van der Waals surface area contributed by atoms with E-state index < -0.39 is 0 Å². The average Bonchev–Trinajstić information content (AvgIpc) is 3.15. The van der Waals surface area contributed by atoms with Gasteiger partial charge in [0.2, 0.25) is 0 Å². The summed E-state index contributed by atoms with van der Waals surface area (Å²) < 4.78 is 6.50. The van der Waals surface area contributed by atoms with Crippen molar-refractivity contribution in [1.29, 1.82) is 0 Å². The summed E-state index contributed by atoms with van der Waals surface area (Å²) in [6.07, 6.45) is 11.3. The van der Waals surface area contributed by atoms with Crippen LogP contribution in [0.1, 0.15) is 65.2 Å². The molecule has 3 fully saturated rings. The van der Waals surface area contributed by atoms with Gasteiger partial charge < -0.3 is 10.1 Å². The lowest BCUT2D eigenvalue weighted by molar-refractivity contribution is -0.0483. The van der Waals surface area contributed by atoms with E-state index in [0.717, 1.165) is 25.0 Å². The molecule has 122 valence electrons. The van der Waals surface area contributed by atoms with E-state index in [1.807, 2.05) is 0 Å². The lowest BCUT2D eigenvalue weighted by Gasteiger charge is -2.29. The molecule has 3 nitrogen and oxygen atoms in total. The highest BCUT2D eigenvalue weighted by atomic mass is 16.5. The lowest BCUT2D eigenvalue weighted by Crippen LogP contribution is -2.42. The summed E-state index contributed by atoms with van der Waals surface area (Å²) >= 11 is 0.